The Balaban J connectivity index is 1.29. The van der Waals surface area contributed by atoms with Crippen LogP contribution < -0.4 is 0 Å². The predicted octanol–water partition coefficient (Wildman–Crippen LogP) is 9.98. The molecule has 0 aliphatic heterocycles. The molecular formula is C31H49F. The van der Waals surface area contributed by atoms with E-state index in [9.17, 15) is 4.39 Å². The molecule has 0 atom stereocenters. The minimum atomic E-state index is -0.210. The Morgan fingerprint density at radius 2 is 1.41 bits per heavy atom. The Bertz CT molecular complexity index is 614. The smallest absolute Gasteiger partial charge is 0.0928 e. The maximum absolute atomic E-state index is 12.2. The Labute approximate surface area is 198 Å². The largest absolute Gasteiger partial charge is 0.251 e. The normalized spacial score (nSPS) is 26.6. The molecule has 0 spiro atoms. The summed E-state index contributed by atoms with van der Waals surface area (Å²) in [6.45, 7) is 2.08. The molecule has 2 saturated carbocycles. The van der Waals surface area contributed by atoms with Gasteiger partial charge in [-0.25, -0.2) is 0 Å². The van der Waals surface area contributed by atoms with Crippen LogP contribution in [0.3, 0.4) is 0 Å². The highest BCUT2D eigenvalue weighted by atomic mass is 19.1. The van der Waals surface area contributed by atoms with Gasteiger partial charge in [-0.2, -0.15) is 0 Å². The van der Waals surface area contributed by atoms with Crippen molar-refractivity contribution in [2.24, 2.45) is 17.8 Å². The zero-order chi connectivity index (χ0) is 22.4. The van der Waals surface area contributed by atoms with Crippen LogP contribution in [0.1, 0.15) is 127 Å². The molecule has 0 heterocycles. The second-order valence-electron chi connectivity index (χ2n) is 10.9. The van der Waals surface area contributed by atoms with Gasteiger partial charge in [0.1, 0.15) is 0 Å². The van der Waals surface area contributed by atoms with Crippen LogP contribution in [0.2, 0.25) is 0 Å². The van der Waals surface area contributed by atoms with Gasteiger partial charge in [0.05, 0.1) is 6.67 Å². The minimum Gasteiger partial charge on any atom is -0.251 e. The van der Waals surface area contributed by atoms with Crippen molar-refractivity contribution < 1.29 is 4.39 Å². The monoisotopic (exact) mass is 440 g/mol. The van der Waals surface area contributed by atoms with Gasteiger partial charge in [-0.3, -0.25) is 4.39 Å². The average Bonchev–Trinajstić information content (AvgIpc) is 2.84. The fourth-order valence-electron chi connectivity index (χ4n) is 6.17. The molecule has 2 aliphatic rings. The summed E-state index contributed by atoms with van der Waals surface area (Å²) < 4.78 is 12.2. The Morgan fingerprint density at radius 1 is 0.781 bits per heavy atom. The molecule has 1 aromatic carbocycles. The number of alkyl halides is 1. The third-order valence-corrected chi connectivity index (χ3v) is 8.43. The average molecular weight is 441 g/mol. The Morgan fingerprint density at radius 3 is 2.03 bits per heavy atom. The van der Waals surface area contributed by atoms with E-state index in [4.69, 9.17) is 0 Å². The lowest BCUT2D eigenvalue weighted by atomic mass is 9.74. The molecule has 1 heteroatoms. The summed E-state index contributed by atoms with van der Waals surface area (Å²) in [5, 5.41) is 0. The first-order chi connectivity index (χ1) is 15.8. The number of halogens is 1. The lowest BCUT2D eigenvalue weighted by Gasteiger charge is -2.31. The molecule has 0 radical (unpaired) electrons. The quantitative estimate of drug-likeness (QED) is 0.211. The number of unbranched alkanes of at least 4 members (excludes halogenated alkanes) is 4. The highest BCUT2D eigenvalue weighted by Gasteiger charge is 2.24. The van der Waals surface area contributed by atoms with E-state index in [1.54, 1.807) is 5.56 Å². The highest BCUT2D eigenvalue weighted by Crippen LogP contribution is 2.40. The van der Waals surface area contributed by atoms with Gasteiger partial charge < -0.3 is 0 Å². The fraction of sp³-hybridized carbons (Fsp3) is 0.742. The van der Waals surface area contributed by atoms with E-state index >= 15 is 0 Å². The van der Waals surface area contributed by atoms with Gasteiger partial charge in [0.15, 0.2) is 0 Å². The molecule has 0 bridgehead atoms. The summed E-state index contributed by atoms with van der Waals surface area (Å²) in [5.74, 6) is 3.45. The van der Waals surface area contributed by atoms with Gasteiger partial charge in [-0.05, 0) is 105 Å². The van der Waals surface area contributed by atoms with E-state index in [1.807, 2.05) is 0 Å². The van der Waals surface area contributed by atoms with Gasteiger partial charge in [0.25, 0.3) is 0 Å². The van der Waals surface area contributed by atoms with Crippen LogP contribution in [0.15, 0.2) is 36.4 Å². The van der Waals surface area contributed by atoms with Gasteiger partial charge >= 0.3 is 0 Å². The maximum Gasteiger partial charge on any atom is 0.0928 e. The predicted molar refractivity (Wildman–Crippen MR) is 138 cm³/mol. The highest BCUT2D eigenvalue weighted by molar-refractivity contribution is 5.26. The van der Waals surface area contributed by atoms with Gasteiger partial charge in [-0.15, -0.1) is 0 Å². The molecule has 180 valence electrons. The SMILES string of the molecule is CCCCCCCc1ccc(C2CCC(CC[C@H]3CC[C@H](/C=C/CCF)CC3)CC2)cc1. The molecule has 0 N–H and O–H groups in total. The van der Waals surface area contributed by atoms with Crippen LogP contribution in [-0.4, -0.2) is 6.67 Å². The zero-order valence-corrected chi connectivity index (χ0v) is 20.9. The molecule has 32 heavy (non-hydrogen) atoms. The number of hydrogen-bond acceptors (Lipinski definition) is 0. The van der Waals surface area contributed by atoms with Crippen LogP contribution in [0, 0.1) is 17.8 Å². The van der Waals surface area contributed by atoms with Crippen LogP contribution in [-0.2, 0) is 6.42 Å². The first kappa shape index (κ1) is 25.5. The molecule has 0 unspecified atom stereocenters. The number of hydrogen-bond donors (Lipinski definition) is 0. The van der Waals surface area contributed by atoms with E-state index in [0.717, 1.165) is 23.7 Å². The summed E-state index contributed by atoms with van der Waals surface area (Å²) >= 11 is 0. The molecule has 0 nitrogen and oxygen atoms in total. The molecule has 2 fully saturated rings. The van der Waals surface area contributed by atoms with Crippen molar-refractivity contribution >= 4 is 0 Å². The summed E-state index contributed by atoms with van der Waals surface area (Å²) in [4.78, 5) is 0. The van der Waals surface area contributed by atoms with E-state index in [-0.39, 0.29) is 6.67 Å². The second-order valence-corrected chi connectivity index (χ2v) is 10.9. The van der Waals surface area contributed by atoms with E-state index in [0.29, 0.717) is 6.42 Å². The number of aryl methyl sites for hydroxylation is 1. The second kappa shape index (κ2) is 14.9. The Hall–Kier alpha value is -1.11. The van der Waals surface area contributed by atoms with Crippen molar-refractivity contribution in [1.29, 1.82) is 0 Å². The molecule has 0 amide bonds. The number of benzene rings is 1. The first-order valence-corrected chi connectivity index (χ1v) is 14.1. The third kappa shape index (κ3) is 9.03. The topological polar surface area (TPSA) is 0 Å². The lowest BCUT2D eigenvalue weighted by Crippen LogP contribution is -2.17. The van der Waals surface area contributed by atoms with Crippen LogP contribution >= 0.6 is 0 Å². The van der Waals surface area contributed by atoms with E-state index < -0.39 is 0 Å². The standard InChI is InChI=1S/C31H49F/c1-2-3-4-5-6-9-27-17-21-30(22-18-27)31-23-19-29(20-24-31)16-15-28-13-11-26(12-14-28)10-7-8-25-32/h7,10,17-18,21-22,26,28-29,31H,2-6,8-9,11-16,19-20,23-25H2,1H3/b10-7+/t26-,28-,29?,31?. The molecule has 3 rings (SSSR count). The van der Waals surface area contributed by atoms with Crippen molar-refractivity contribution in [3.63, 3.8) is 0 Å². The molecular weight excluding hydrogens is 391 g/mol. The fourth-order valence-corrected chi connectivity index (χ4v) is 6.17. The van der Waals surface area contributed by atoms with Gasteiger partial charge in [0, 0.05) is 0 Å². The lowest BCUT2D eigenvalue weighted by molar-refractivity contribution is 0.246. The van der Waals surface area contributed by atoms with Gasteiger partial charge in [-0.1, -0.05) is 81.9 Å². The zero-order valence-electron chi connectivity index (χ0n) is 20.9. The van der Waals surface area contributed by atoms with Crippen LogP contribution in [0.4, 0.5) is 4.39 Å². The van der Waals surface area contributed by atoms with Crippen molar-refractivity contribution in [1.82, 2.24) is 0 Å². The summed E-state index contributed by atoms with van der Waals surface area (Å²) in [6, 6.07) is 9.69. The van der Waals surface area contributed by atoms with Gasteiger partial charge in [0.2, 0.25) is 0 Å². The van der Waals surface area contributed by atoms with Crippen LogP contribution in [0.5, 0.6) is 0 Å². The summed E-state index contributed by atoms with van der Waals surface area (Å²) in [7, 11) is 0. The molecule has 1 aromatic rings. The van der Waals surface area contributed by atoms with Crippen molar-refractivity contribution in [3.8, 4) is 0 Å². The molecule has 0 saturated heterocycles. The van der Waals surface area contributed by atoms with Crippen molar-refractivity contribution in [2.45, 2.75) is 122 Å². The Kier molecular flexibility index (Phi) is 11.9. The summed E-state index contributed by atoms with van der Waals surface area (Å²) in [5.41, 5.74) is 3.13. The molecule has 0 aromatic heterocycles. The maximum atomic E-state index is 12.2. The third-order valence-electron chi connectivity index (χ3n) is 8.43. The number of allylic oxidation sites excluding steroid dienone is 2. The number of rotatable bonds is 13. The van der Waals surface area contributed by atoms with Crippen molar-refractivity contribution in [3.05, 3.63) is 47.5 Å². The molecule has 2 aliphatic carbocycles. The van der Waals surface area contributed by atoms with Crippen molar-refractivity contribution in [2.75, 3.05) is 6.67 Å². The first-order valence-electron chi connectivity index (χ1n) is 14.1. The minimum absolute atomic E-state index is 0.210. The summed E-state index contributed by atoms with van der Waals surface area (Å²) in [6.07, 6.45) is 27.1. The van der Waals surface area contributed by atoms with E-state index in [2.05, 4.69) is 43.3 Å². The van der Waals surface area contributed by atoms with E-state index in [1.165, 1.54) is 108 Å². The van der Waals surface area contributed by atoms with Crippen LogP contribution in [0.25, 0.3) is 0 Å².